The number of hydrogen-bond donors (Lipinski definition) is 2. The van der Waals surface area contributed by atoms with Crippen LogP contribution in [0.1, 0.15) is 27.2 Å². The van der Waals surface area contributed by atoms with Gasteiger partial charge in [0.1, 0.15) is 11.3 Å². The summed E-state index contributed by atoms with van der Waals surface area (Å²) in [6.07, 6.45) is 5.72. The number of anilines is 1. The smallest absolute Gasteiger partial charge is 0.354 e. The van der Waals surface area contributed by atoms with Crippen molar-refractivity contribution in [3.8, 4) is 0 Å². The Morgan fingerprint density at radius 2 is 2.09 bits per heavy atom. The van der Waals surface area contributed by atoms with Crippen molar-refractivity contribution in [1.29, 1.82) is 0 Å². The Morgan fingerprint density at radius 1 is 1.26 bits per heavy atom. The van der Waals surface area contributed by atoms with Crippen LogP contribution in [0.4, 0.5) is 5.69 Å². The molecule has 3 aromatic rings. The van der Waals surface area contributed by atoms with Crippen molar-refractivity contribution in [2.24, 2.45) is 0 Å². The average Bonchev–Trinajstić information content (AvgIpc) is 2.98. The molecule has 0 atom stereocenters. The van der Waals surface area contributed by atoms with E-state index in [4.69, 9.17) is 10.5 Å². The van der Waals surface area contributed by atoms with Crippen molar-refractivity contribution in [3.63, 3.8) is 0 Å². The third-order valence-corrected chi connectivity index (χ3v) is 3.66. The van der Waals surface area contributed by atoms with Crippen LogP contribution in [0.3, 0.4) is 0 Å². The minimum Gasteiger partial charge on any atom is -0.464 e. The number of benzene rings is 1. The number of carbonyl (C=O) groups excluding carboxylic acids is 1. The fourth-order valence-electron chi connectivity index (χ4n) is 2.37. The van der Waals surface area contributed by atoms with Gasteiger partial charge in [0.05, 0.1) is 7.11 Å². The number of nitrogens with one attached hydrogen (secondary N) is 1. The zero-order valence-electron chi connectivity index (χ0n) is 13.0. The largest absolute Gasteiger partial charge is 0.464 e. The van der Waals surface area contributed by atoms with E-state index < -0.39 is 5.97 Å². The molecule has 5 heteroatoms. The van der Waals surface area contributed by atoms with E-state index in [-0.39, 0.29) is 0 Å². The SMILES string of the molecule is COC(=O)c1cc2cc(C=Cc3cc(N)ccc3C)cnc2[nH]1. The lowest BCUT2D eigenvalue weighted by molar-refractivity contribution is 0.0595. The Bertz CT molecular complexity index is 910. The molecule has 116 valence electrons. The molecule has 2 aromatic heterocycles. The number of hydrogen-bond acceptors (Lipinski definition) is 4. The predicted molar refractivity (Wildman–Crippen MR) is 92.0 cm³/mol. The van der Waals surface area contributed by atoms with E-state index in [1.54, 1.807) is 12.3 Å². The molecule has 0 fully saturated rings. The molecule has 3 rings (SSSR count). The molecule has 0 aliphatic rings. The number of aromatic nitrogens is 2. The number of fused-ring (bicyclic) bond motifs is 1. The number of rotatable bonds is 3. The highest BCUT2D eigenvalue weighted by Gasteiger charge is 2.09. The highest BCUT2D eigenvalue weighted by Crippen LogP contribution is 2.19. The Labute approximate surface area is 133 Å². The molecule has 0 saturated heterocycles. The van der Waals surface area contributed by atoms with Gasteiger partial charge in [-0.15, -0.1) is 0 Å². The van der Waals surface area contributed by atoms with Crippen molar-refractivity contribution in [3.05, 3.63) is 58.9 Å². The highest BCUT2D eigenvalue weighted by molar-refractivity contribution is 5.94. The van der Waals surface area contributed by atoms with Crippen LogP contribution in [0.25, 0.3) is 23.2 Å². The first kappa shape index (κ1) is 14.8. The summed E-state index contributed by atoms with van der Waals surface area (Å²) in [6.45, 7) is 2.04. The Kier molecular flexibility index (Phi) is 3.85. The van der Waals surface area contributed by atoms with Crippen molar-refractivity contribution >= 4 is 34.8 Å². The average molecular weight is 307 g/mol. The molecular formula is C18H17N3O2. The maximum atomic E-state index is 11.5. The number of pyridine rings is 1. The van der Waals surface area contributed by atoms with Gasteiger partial charge in [0.2, 0.25) is 0 Å². The fourth-order valence-corrected chi connectivity index (χ4v) is 2.37. The topological polar surface area (TPSA) is 81.0 Å². The van der Waals surface area contributed by atoms with E-state index in [9.17, 15) is 4.79 Å². The van der Waals surface area contributed by atoms with Gasteiger partial charge in [-0.05, 0) is 47.9 Å². The second-order valence-electron chi connectivity index (χ2n) is 5.33. The second-order valence-corrected chi connectivity index (χ2v) is 5.33. The second kappa shape index (κ2) is 5.96. The van der Waals surface area contributed by atoms with Gasteiger partial charge in [-0.2, -0.15) is 0 Å². The number of H-pyrrole nitrogens is 1. The minimum absolute atomic E-state index is 0.391. The van der Waals surface area contributed by atoms with Crippen molar-refractivity contribution in [2.45, 2.75) is 6.92 Å². The number of methoxy groups -OCH3 is 1. The molecule has 0 aliphatic carbocycles. The number of carbonyl (C=O) groups is 1. The van der Waals surface area contributed by atoms with Crippen LogP contribution in [-0.4, -0.2) is 23.0 Å². The Hall–Kier alpha value is -3.08. The van der Waals surface area contributed by atoms with E-state index in [0.717, 1.165) is 27.8 Å². The summed E-state index contributed by atoms with van der Waals surface area (Å²) in [6, 6.07) is 9.50. The number of nitrogens with two attached hydrogens (primary N) is 1. The lowest BCUT2D eigenvalue weighted by Gasteiger charge is -2.01. The van der Waals surface area contributed by atoms with Crippen LogP contribution in [0.15, 0.2) is 36.5 Å². The zero-order valence-corrected chi connectivity index (χ0v) is 13.0. The van der Waals surface area contributed by atoms with Crippen LogP contribution >= 0.6 is 0 Å². The number of aryl methyl sites for hydroxylation is 1. The van der Waals surface area contributed by atoms with Crippen LogP contribution < -0.4 is 5.73 Å². The van der Waals surface area contributed by atoms with E-state index in [1.165, 1.54) is 7.11 Å². The normalized spacial score (nSPS) is 11.2. The number of nitrogens with zero attached hydrogens (tertiary/aromatic N) is 1. The first-order chi connectivity index (χ1) is 11.1. The number of esters is 1. The lowest BCUT2D eigenvalue weighted by atomic mass is 10.1. The lowest BCUT2D eigenvalue weighted by Crippen LogP contribution is -2.00. The molecule has 0 saturated carbocycles. The highest BCUT2D eigenvalue weighted by atomic mass is 16.5. The van der Waals surface area contributed by atoms with Gasteiger partial charge in [0.25, 0.3) is 0 Å². The van der Waals surface area contributed by atoms with E-state index in [0.29, 0.717) is 11.3 Å². The van der Waals surface area contributed by atoms with Gasteiger partial charge in [-0.1, -0.05) is 18.2 Å². The van der Waals surface area contributed by atoms with Gasteiger partial charge < -0.3 is 15.5 Å². The number of aromatic amines is 1. The molecular weight excluding hydrogens is 290 g/mol. The van der Waals surface area contributed by atoms with Crippen LogP contribution in [0.5, 0.6) is 0 Å². The molecule has 3 N–H and O–H groups in total. The Balaban J connectivity index is 1.92. The molecule has 0 bridgehead atoms. The molecule has 0 spiro atoms. The molecule has 0 aliphatic heterocycles. The summed E-state index contributed by atoms with van der Waals surface area (Å²) in [5.41, 5.74) is 10.8. The molecule has 0 radical (unpaired) electrons. The quantitative estimate of drug-likeness (QED) is 0.574. The maximum absolute atomic E-state index is 11.5. The summed E-state index contributed by atoms with van der Waals surface area (Å²) in [4.78, 5) is 18.8. The summed E-state index contributed by atoms with van der Waals surface area (Å²) in [5.74, 6) is -0.407. The van der Waals surface area contributed by atoms with Crippen LogP contribution in [0.2, 0.25) is 0 Å². The molecule has 0 unspecified atom stereocenters. The van der Waals surface area contributed by atoms with Gasteiger partial charge in [-0.25, -0.2) is 9.78 Å². The Morgan fingerprint density at radius 3 is 2.87 bits per heavy atom. The van der Waals surface area contributed by atoms with Gasteiger partial charge in [0.15, 0.2) is 0 Å². The van der Waals surface area contributed by atoms with Gasteiger partial charge in [0, 0.05) is 17.3 Å². The third kappa shape index (κ3) is 3.08. The van der Waals surface area contributed by atoms with Crippen molar-refractivity contribution in [2.75, 3.05) is 12.8 Å². The maximum Gasteiger partial charge on any atom is 0.354 e. The van der Waals surface area contributed by atoms with E-state index in [1.807, 2.05) is 43.3 Å². The van der Waals surface area contributed by atoms with Crippen molar-refractivity contribution < 1.29 is 9.53 Å². The number of nitrogen functional groups attached to an aromatic ring is 1. The van der Waals surface area contributed by atoms with Crippen LogP contribution in [0, 0.1) is 6.92 Å². The summed E-state index contributed by atoms with van der Waals surface area (Å²) >= 11 is 0. The summed E-state index contributed by atoms with van der Waals surface area (Å²) in [5, 5.41) is 0.858. The first-order valence-corrected chi connectivity index (χ1v) is 7.18. The number of ether oxygens (including phenoxy) is 1. The fraction of sp³-hybridized carbons (Fsp3) is 0.111. The summed E-state index contributed by atoms with van der Waals surface area (Å²) < 4.78 is 4.70. The van der Waals surface area contributed by atoms with E-state index >= 15 is 0 Å². The summed E-state index contributed by atoms with van der Waals surface area (Å²) in [7, 11) is 1.35. The molecule has 1 aromatic carbocycles. The van der Waals surface area contributed by atoms with Crippen LogP contribution in [-0.2, 0) is 4.74 Å². The van der Waals surface area contributed by atoms with Gasteiger partial charge in [-0.3, -0.25) is 0 Å². The predicted octanol–water partition coefficient (Wildman–Crippen LogP) is 3.41. The van der Waals surface area contributed by atoms with Crippen molar-refractivity contribution in [1.82, 2.24) is 9.97 Å². The standard InChI is InChI=1S/C18H17N3O2/c1-11-3-6-15(19)8-13(11)5-4-12-7-14-9-16(18(22)23-2)21-17(14)20-10-12/h3-10H,19H2,1-2H3,(H,20,21). The minimum atomic E-state index is -0.407. The molecule has 2 heterocycles. The zero-order chi connectivity index (χ0) is 16.4. The third-order valence-electron chi connectivity index (χ3n) is 3.66. The van der Waals surface area contributed by atoms with E-state index in [2.05, 4.69) is 9.97 Å². The molecule has 23 heavy (non-hydrogen) atoms. The first-order valence-electron chi connectivity index (χ1n) is 7.18. The monoisotopic (exact) mass is 307 g/mol. The van der Waals surface area contributed by atoms with Gasteiger partial charge >= 0.3 is 5.97 Å². The molecule has 5 nitrogen and oxygen atoms in total. The molecule has 0 amide bonds.